The predicted octanol–water partition coefficient (Wildman–Crippen LogP) is 0.319. The molecule has 2 amide bonds. The molecule has 0 aliphatic carbocycles. The van der Waals surface area contributed by atoms with Crippen molar-refractivity contribution in [3.05, 3.63) is 30.1 Å². The first-order valence-corrected chi connectivity index (χ1v) is 5.49. The molecule has 1 aliphatic heterocycles. The number of carbonyl (C=O) groups excluding carboxylic acids is 2. The Morgan fingerprint density at radius 2 is 2.24 bits per heavy atom. The van der Waals surface area contributed by atoms with Gasteiger partial charge >= 0.3 is 0 Å². The third-order valence-electron chi connectivity index (χ3n) is 2.83. The molecule has 2 heterocycles. The molecule has 1 aliphatic rings. The summed E-state index contributed by atoms with van der Waals surface area (Å²) in [6, 6.07) is 3.64. The average molecular weight is 233 g/mol. The summed E-state index contributed by atoms with van der Waals surface area (Å²) in [6.07, 6.45) is 3.32. The van der Waals surface area contributed by atoms with E-state index in [-0.39, 0.29) is 24.9 Å². The van der Waals surface area contributed by atoms with E-state index >= 15 is 0 Å². The second-order valence-electron chi connectivity index (χ2n) is 4.62. The van der Waals surface area contributed by atoms with E-state index in [2.05, 4.69) is 10.3 Å². The topological polar surface area (TPSA) is 62.3 Å². The van der Waals surface area contributed by atoms with Gasteiger partial charge in [-0.3, -0.25) is 24.8 Å². The SMILES string of the molecule is CC1(C)NCC(=O)N(Cc2cccnc2)C1=O. The number of rotatable bonds is 2. The maximum atomic E-state index is 12.1. The molecule has 0 spiro atoms. The van der Waals surface area contributed by atoms with Crippen molar-refractivity contribution in [2.24, 2.45) is 0 Å². The van der Waals surface area contributed by atoms with Gasteiger partial charge in [0, 0.05) is 12.4 Å². The van der Waals surface area contributed by atoms with Gasteiger partial charge in [0.2, 0.25) is 11.8 Å². The Bertz CT molecular complexity index is 442. The molecule has 0 saturated carbocycles. The number of imide groups is 1. The van der Waals surface area contributed by atoms with E-state index < -0.39 is 5.54 Å². The van der Waals surface area contributed by atoms with Crippen LogP contribution in [0.5, 0.6) is 0 Å². The third kappa shape index (κ3) is 2.34. The fourth-order valence-electron chi connectivity index (χ4n) is 1.75. The quantitative estimate of drug-likeness (QED) is 0.747. The Morgan fingerprint density at radius 3 is 2.88 bits per heavy atom. The molecule has 0 atom stereocenters. The summed E-state index contributed by atoms with van der Waals surface area (Å²) in [5, 5.41) is 2.92. The lowest BCUT2D eigenvalue weighted by atomic mass is 10.00. The fraction of sp³-hybridized carbons (Fsp3) is 0.417. The van der Waals surface area contributed by atoms with Gasteiger partial charge in [0.05, 0.1) is 18.6 Å². The second-order valence-corrected chi connectivity index (χ2v) is 4.62. The summed E-state index contributed by atoms with van der Waals surface area (Å²) < 4.78 is 0. The van der Waals surface area contributed by atoms with Crippen LogP contribution in [0, 0.1) is 0 Å². The maximum Gasteiger partial charge on any atom is 0.249 e. The first-order valence-electron chi connectivity index (χ1n) is 5.49. The van der Waals surface area contributed by atoms with Crippen molar-refractivity contribution in [3.8, 4) is 0 Å². The first-order chi connectivity index (χ1) is 8.00. The minimum Gasteiger partial charge on any atom is -0.295 e. The zero-order valence-electron chi connectivity index (χ0n) is 9.93. The van der Waals surface area contributed by atoms with Crippen molar-refractivity contribution in [2.45, 2.75) is 25.9 Å². The van der Waals surface area contributed by atoms with Gasteiger partial charge in [0.1, 0.15) is 0 Å². The summed E-state index contributed by atoms with van der Waals surface area (Å²) >= 11 is 0. The van der Waals surface area contributed by atoms with Crippen molar-refractivity contribution >= 4 is 11.8 Å². The minimum absolute atomic E-state index is 0.193. The van der Waals surface area contributed by atoms with Crippen LogP contribution < -0.4 is 5.32 Å². The highest BCUT2D eigenvalue weighted by molar-refractivity contribution is 6.02. The van der Waals surface area contributed by atoms with Gasteiger partial charge in [0.15, 0.2) is 0 Å². The van der Waals surface area contributed by atoms with Gasteiger partial charge in [-0.25, -0.2) is 0 Å². The van der Waals surface area contributed by atoms with E-state index in [9.17, 15) is 9.59 Å². The van der Waals surface area contributed by atoms with E-state index in [1.54, 1.807) is 32.3 Å². The second kappa shape index (κ2) is 4.25. The largest absolute Gasteiger partial charge is 0.295 e. The standard InChI is InChI=1S/C12H15N3O2/c1-12(2)11(17)15(10(16)7-14-12)8-9-4-3-5-13-6-9/h3-6,14H,7-8H2,1-2H3. The summed E-state index contributed by atoms with van der Waals surface area (Å²) in [4.78, 5) is 29.1. The van der Waals surface area contributed by atoms with Gasteiger partial charge in [-0.15, -0.1) is 0 Å². The summed E-state index contributed by atoms with van der Waals surface area (Å²) in [6.45, 7) is 4.03. The Morgan fingerprint density at radius 1 is 1.47 bits per heavy atom. The number of piperazine rings is 1. The Balaban J connectivity index is 2.19. The van der Waals surface area contributed by atoms with Crippen LogP contribution >= 0.6 is 0 Å². The molecule has 5 heteroatoms. The van der Waals surface area contributed by atoms with Gasteiger partial charge < -0.3 is 0 Å². The van der Waals surface area contributed by atoms with Gasteiger partial charge in [-0.05, 0) is 25.5 Å². The number of aromatic nitrogens is 1. The molecule has 2 rings (SSSR count). The van der Waals surface area contributed by atoms with Crippen LogP contribution in [0.3, 0.4) is 0 Å². The lowest BCUT2D eigenvalue weighted by molar-refractivity contribution is -0.153. The first kappa shape index (κ1) is 11.7. The summed E-state index contributed by atoms with van der Waals surface area (Å²) in [5.74, 6) is -0.393. The zero-order chi connectivity index (χ0) is 12.5. The summed E-state index contributed by atoms with van der Waals surface area (Å²) in [7, 11) is 0. The molecule has 1 aromatic rings. The van der Waals surface area contributed by atoms with Crippen LogP contribution in [0.25, 0.3) is 0 Å². The molecule has 0 aromatic carbocycles. The highest BCUT2D eigenvalue weighted by atomic mass is 16.2. The molecule has 1 N–H and O–H groups in total. The molecule has 1 fully saturated rings. The van der Waals surface area contributed by atoms with E-state index in [4.69, 9.17) is 0 Å². The van der Waals surface area contributed by atoms with E-state index in [1.807, 2.05) is 6.07 Å². The van der Waals surface area contributed by atoms with Crippen LogP contribution in [-0.2, 0) is 16.1 Å². The molecule has 5 nitrogen and oxygen atoms in total. The maximum absolute atomic E-state index is 12.1. The fourth-order valence-corrected chi connectivity index (χ4v) is 1.75. The zero-order valence-corrected chi connectivity index (χ0v) is 9.93. The molecule has 0 unspecified atom stereocenters. The smallest absolute Gasteiger partial charge is 0.249 e. The lowest BCUT2D eigenvalue weighted by Crippen LogP contribution is -2.63. The highest BCUT2D eigenvalue weighted by Gasteiger charge is 2.39. The number of hydrogen-bond acceptors (Lipinski definition) is 4. The predicted molar refractivity (Wildman–Crippen MR) is 61.9 cm³/mol. The summed E-state index contributed by atoms with van der Waals surface area (Å²) in [5.41, 5.74) is 0.169. The van der Waals surface area contributed by atoms with Gasteiger partial charge in [-0.2, -0.15) is 0 Å². The van der Waals surface area contributed by atoms with E-state index in [0.29, 0.717) is 0 Å². The number of nitrogens with one attached hydrogen (secondary N) is 1. The average Bonchev–Trinajstić information content (AvgIpc) is 2.32. The molecule has 90 valence electrons. The van der Waals surface area contributed by atoms with Crippen LogP contribution in [0.1, 0.15) is 19.4 Å². The monoisotopic (exact) mass is 233 g/mol. The molecule has 0 radical (unpaired) electrons. The highest BCUT2D eigenvalue weighted by Crippen LogP contribution is 2.15. The van der Waals surface area contributed by atoms with E-state index in [1.165, 1.54) is 4.90 Å². The lowest BCUT2D eigenvalue weighted by Gasteiger charge is -2.36. The number of carbonyl (C=O) groups is 2. The van der Waals surface area contributed by atoms with Crippen LogP contribution in [0.4, 0.5) is 0 Å². The van der Waals surface area contributed by atoms with E-state index in [0.717, 1.165) is 5.56 Å². The van der Waals surface area contributed by atoms with Crippen molar-refractivity contribution in [1.29, 1.82) is 0 Å². The molecular weight excluding hydrogens is 218 g/mol. The molecule has 0 bridgehead atoms. The Kier molecular flexibility index (Phi) is 2.93. The minimum atomic E-state index is -0.684. The van der Waals surface area contributed by atoms with Crippen LogP contribution in [0.15, 0.2) is 24.5 Å². The number of pyridine rings is 1. The van der Waals surface area contributed by atoms with Crippen molar-refractivity contribution in [3.63, 3.8) is 0 Å². The van der Waals surface area contributed by atoms with Gasteiger partial charge in [-0.1, -0.05) is 6.07 Å². The molecule has 17 heavy (non-hydrogen) atoms. The van der Waals surface area contributed by atoms with Crippen molar-refractivity contribution in [2.75, 3.05) is 6.54 Å². The Hall–Kier alpha value is -1.75. The molecule has 1 saturated heterocycles. The van der Waals surface area contributed by atoms with Crippen LogP contribution in [-0.4, -0.2) is 33.8 Å². The van der Waals surface area contributed by atoms with Crippen molar-refractivity contribution < 1.29 is 9.59 Å². The number of amides is 2. The number of hydrogen-bond donors (Lipinski definition) is 1. The normalized spacial score (nSPS) is 19.5. The van der Waals surface area contributed by atoms with Crippen LogP contribution in [0.2, 0.25) is 0 Å². The van der Waals surface area contributed by atoms with Gasteiger partial charge in [0.25, 0.3) is 0 Å². The molecular formula is C12H15N3O2. The number of nitrogens with zero attached hydrogens (tertiary/aromatic N) is 2. The third-order valence-corrected chi connectivity index (χ3v) is 2.83. The Labute approximate surface area is 99.8 Å². The molecule has 1 aromatic heterocycles. The van der Waals surface area contributed by atoms with Crippen molar-refractivity contribution in [1.82, 2.24) is 15.2 Å².